The lowest BCUT2D eigenvalue weighted by molar-refractivity contribution is -0.118. The molecule has 0 unspecified atom stereocenters. The lowest BCUT2D eigenvalue weighted by atomic mass is 9.89. The topological polar surface area (TPSA) is 60.9 Å². The van der Waals surface area contributed by atoms with Gasteiger partial charge in [-0.15, -0.1) is 12.4 Å². The average molecular weight is 491 g/mol. The van der Waals surface area contributed by atoms with Gasteiger partial charge in [-0.1, -0.05) is 41.3 Å². The molecule has 0 spiro atoms. The number of hydrogen-bond acceptors (Lipinski definition) is 3. The van der Waals surface area contributed by atoms with E-state index in [1.54, 1.807) is 12.3 Å². The highest BCUT2D eigenvalue weighted by Gasteiger charge is 2.17. The van der Waals surface area contributed by atoms with Crippen molar-refractivity contribution < 1.29 is 4.79 Å². The van der Waals surface area contributed by atoms with E-state index in [4.69, 9.17) is 5.73 Å². The third-order valence-corrected chi connectivity index (χ3v) is 6.52. The molecule has 1 aliphatic carbocycles. The van der Waals surface area contributed by atoms with Gasteiger partial charge in [-0.05, 0) is 60.6 Å². The Morgan fingerprint density at radius 1 is 1.17 bits per heavy atom. The van der Waals surface area contributed by atoms with E-state index in [0.717, 1.165) is 28.9 Å². The number of aryl methyl sites for hydroxylation is 1. The second kappa shape index (κ2) is 10.5. The van der Waals surface area contributed by atoms with Crippen LogP contribution < -0.4 is 5.73 Å². The molecule has 1 fully saturated rings. The molecule has 0 atom stereocenters. The van der Waals surface area contributed by atoms with Crippen LogP contribution in [0.1, 0.15) is 49.7 Å². The Morgan fingerprint density at radius 2 is 1.97 bits per heavy atom. The second-order valence-electron chi connectivity index (χ2n) is 8.28. The number of ketones is 1. The summed E-state index contributed by atoms with van der Waals surface area (Å²) in [4.78, 5) is 16.6. The molecular formula is C24H29BrClN3O. The summed E-state index contributed by atoms with van der Waals surface area (Å²) < 4.78 is 3.50. The first-order valence-corrected chi connectivity index (χ1v) is 11.4. The molecule has 1 aromatic carbocycles. The van der Waals surface area contributed by atoms with Crippen molar-refractivity contribution in [1.82, 2.24) is 9.55 Å². The molecule has 0 saturated heterocycles. The number of nitrogens with two attached hydrogens (primary N) is 1. The summed E-state index contributed by atoms with van der Waals surface area (Å²) in [5.41, 5.74) is 9.09. The zero-order valence-electron chi connectivity index (χ0n) is 17.1. The summed E-state index contributed by atoms with van der Waals surface area (Å²) >= 11 is 3.61. The third kappa shape index (κ3) is 5.64. The van der Waals surface area contributed by atoms with Gasteiger partial charge in [0.15, 0.2) is 0 Å². The van der Waals surface area contributed by atoms with E-state index in [0.29, 0.717) is 18.7 Å². The van der Waals surface area contributed by atoms with E-state index >= 15 is 0 Å². The number of carbonyl (C=O) groups excluding carboxylic acids is 1. The number of nitrogen functional groups attached to an aromatic ring is 1. The van der Waals surface area contributed by atoms with E-state index < -0.39 is 0 Å². The van der Waals surface area contributed by atoms with Crippen LogP contribution in [0.15, 0.2) is 47.2 Å². The van der Waals surface area contributed by atoms with Gasteiger partial charge < -0.3 is 10.3 Å². The molecule has 0 amide bonds. The molecule has 1 saturated carbocycles. The van der Waals surface area contributed by atoms with Crippen molar-refractivity contribution in [2.75, 3.05) is 5.73 Å². The Labute approximate surface area is 192 Å². The van der Waals surface area contributed by atoms with Crippen LogP contribution in [0.2, 0.25) is 0 Å². The Morgan fingerprint density at radius 3 is 2.70 bits per heavy atom. The van der Waals surface area contributed by atoms with Crippen molar-refractivity contribution in [3.8, 4) is 0 Å². The number of anilines is 1. The van der Waals surface area contributed by atoms with Crippen molar-refractivity contribution in [2.45, 2.75) is 57.9 Å². The number of pyridine rings is 1. The lowest BCUT2D eigenvalue weighted by Gasteiger charge is -2.22. The molecule has 4 rings (SSSR count). The number of hydrogen-bond donors (Lipinski definition) is 1. The summed E-state index contributed by atoms with van der Waals surface area (Å²) in [6.07, 6.45) is 12.5. The minimum Gasteiger partial charge on any atom is -0.384 e. The molecule has 30 heavy (non-hydrogen) atoms. The van der Waals surface area contributed by atoms with Gasteiger partial charge >= 0.3 is 0 Å². The van der Waals surface area contributed by atoms with Gasteiger partial charge in [-0.2, -0.15) is 0 Å². The first kappa shape index (κ1) is 22.8. The molecule has 1 aliphatic rings. The summed E-state index contributed by atoms with van der Waals surface area (Å²) in [6.45, 7) is 1.09. The number of aromatic nitrogens is 2. The van der Waals surface area contributed by atoms with Gasteiger partial charge in [-0.25, -0.2) is 4.98 Å². The average Bonchev–Trinajstić information content (AvgIpc) is 3.05. The maximum Gasteiger partial charge on any atom is 0.137 e. The highest BCUT2D eigenvalue weighted by atomic mass is 79.9. The molecule has 160 valence electrons. The van der Waals surface area contributed by atoms with Crippen LogP contribution in [-0.2, 0) is 24.2 Å². The lowest BCUT2D eigenvalue weighted by Crippen LogP contribution is -2.13. The summed E-state index contributed by atoms with van der Waals surface area (Å²) in [6, 6.07) is 10.1. The SMILES string of the molecule is Cl.Nc1ccc(CC(=O)CCc2cn(CC3CCCCC3)c3ccc(Br)cc23)cn1. The number of benzene rings is 1. The molecule has 4 nitrogen and oxygen atoms in total. The van der Waals surface area contributed by atoms with E-state index in [-0.39, 0.29) is 18.2 Å². The van der Waals surface area contributed by atoms with Crippen molar-refractivity contribution in [2.24, 2.45) is 5.92 Å². The number of fused-ring (bicyclic) bond motifs is 1. The van der Waals surface area contributed by atoms with Crippen LogP contribution in [0.25, 0.3) is 10.9 Å². The molecule has 3 aromatic rings. The summed E-state index contributed by atoms with van der Waals surface area (Å²) in [7, 11) is 0. The van der Waals surface area contributed by atoms with Gasteiger partial charge in [0.1, 0.15) is 11.6 Å². The van der Waals surface area contributed by atoms with Crippen LogP contribution in [0, 0.1) is 5.92 Å². The van der Waals surface area contributed by atoms with Crippen molar-refractivity contribution in [3.63, 3.8) is 0 Å². The minimum absolute atomic E-state index is 0. The van der Waals surface area contributed by atoms with Crippen LogP contribution >= 0.6 is 28.3 Å². The van der Waals surface area contributed by atoms with E-state index in [1.165, 1.54) is 48.6 Å². The summed E-state index contributed by atoms with van der Waals surface area (Å²) in [5, 5.41) is 1.26. The number of rotatable bonds is 7. The fraction of sp³-hybridized carbons (Fsp3) is 0.417. The first-order valence-electron chi connectivity index (χ1n) is 10.6. The Bertz CT molecular complexity index is 994. The van der Waals surface area contributed by atoms with Crippen molar-refractivity contribution in [1.29, 1.82) is 0 Å². The predicted molar refractivity (Wildman–Crippen MR) is 129 cm³/mol. The van der Waals surface area contributed by atoms with Crippen LogP contribution in [0.4, 0.5) is 5.82 Å². The maximum atomic E-state index is 12.5. The monoisotopic (exact) mass is 489 g/mol. The van der Waals surface area contributed by atoms with E-state index in [2.05, 4.69) is 49.9 Å². The third-order valence-electron chi connectivity index (χ3n) is 6.03. The molecular weight excluding hydrogens is 462 g/mol. The molecule has 6 heteroatoms. The van der Waals surface area contributed by atoms with E-state index in [9.17, 15) is 4.79 Å². The standard InChI is InChI=1S/C24H28BrN3O.ClH/c25-20-8-10-23-22(13-20)19(16-28(23)15-17-4-2-1-3-5-17)7-9-21(29)12-18-6-11-24(26)27-14-18;/h6,8,10-11,13-14,16-17H,1-5,7,9,12,15H2,(H2,26,27);1H. The fourth-order valence-electron chi connectivity index (χ4n) is 4.47. The Balaban J connectivity index is 0.00000256. The predicted octanol–water partition coefficient (Wildman–Crippen LogP) is 6.13. The zero-order chi connectivity index (χ0) is 20.2. The van der Waals surface area contributed by atoms with Crippen LogP contribution in [0.5, 0.6) is 0 Å². The zero-order valence-corrected chi connectivity index (χ0v) is 19.6. The molecule has 2 aromatic heterocycles. The number of halogens is 2. The smallest absolute Gasteiger partial charge is 0.137 e. The van der Waals surface area contributed by atoms with Crippen molar-refractivity contribution in [3.05, 3.63) is 58.3 Å². The van der Waals surface area contributed by atoms with Crippen LogP contribution in [-0.4, -0.2) is 15.3 Å². The highest BCUT2D eigenvalue weighted by molar-refractivity contribution is 9.10. The number of nitrogens with zero attached hydrogens (tertiary/aromatic N) is 2. The molecule has 0 aliphatic heterocycles. The quantitative estimate of drug-likeness (QED) is 0.433. The highest BCUT2D eigenvalue weighted by Crippen LogP contribution is 2.30. The Hall–Kier alpha value is -1.85. The largest absolute Gasteiger partial charge is 0.384 e. The van der Waals surface area contributed by atoms with Gasteiger partial charge in [0.2, 0.25) is 0 Å². The van der Waals surface area contributed by atoms with Gasteiger partial charge in [0, 0.05) is 47.2 Å². The molecule has 0 bridgehead atoms. The molecule has 2 N–H and O–H groups in total. The maximum absolute atomic E-state index is 12.5. The van der Waals surface area contributed by atoms with Crippen LogP contribution in [0.3, 0.4) is 0 Å². The molecule has 2 heterocycles. The minimum atomic E-state index is 0. The first-order chi connectivity index (χ1) is 14.1. The Kier molecular flexibility index (Phi) is 7.95. The second-order valence-corrected chi connectivity index (χ2v) is 9.19. The summed E-state index contributed by atoms with van der Waals surface area (Å²) in [5.74, 6) is 1.49. The fourth-order valence-corrected chi connectivity index (χ4v) is 4.83. The normalized spacial score (nSPS) is 14.6. The number of Topliss-reactive ketones (excluding diaryl/α,β-unsaturated/α-hetero) is 1. The van der Waals surface area contributed by atoms with Gasteiger partial charge in [-0.3, -0.25) is 4.79 Å². The van der Waals surface area contributed by atoms with Crippen molar-refractivity contribution >= 4 is 50.8 Å². The van der Waals surface area contributed by atoms with E-state index in [1.807, 2.05) is 6.07 Å². The molecule has 0 radical (unpaired) electrons. The van der Waals surface area contributed by atoms with Gasteiger partial charge in [0.25, 0.3) is 0 Å². The van der Waals surface area contributed by atoms with Gasteiger partial charge in [0.05, 0.1) is 0 Å². The number of carbonyl (C=O) groups is 1.